The van der Waals surface area contributed by atoms with Crippen LogP contribution in [0.25, 0.3) is 11.1 Å². The number of rotatable bonds is 14. The van der Waals surface area contributed by atoms with Crippen LogP contribution in [0.5, 0.6) is 0 Å². The Morgan fingerprint density at radius 1 is 0.780 bits per heavy atom. The zero-order chi connectivity index (χ0) is 29.8. The highest BCUT2D eigenvalue weighted by Gasteiger charge is 2.26. The molecule has 3 aromatic rings. The second kappa shape index (κ2) is 15.1. The second-order valence-electron chi connectivity index (χ2n) is 11.7. The van der Waals surface area contributed by atoms with E-state index in [1.165, 1.54) is 5.56 Å². The Morgan fingerprint density at radius 3 is 2.17 bits per heavy atom. The summed E-state index contributed by atoms with van der Waals surface area (Å²) in [5, 5.41) is 5.74. The van der Waals surface area contributed by atoms with Gasteiger partial charge in [0.2, 0.25) is 11.8 Å². The molecule has 41 heavy (non-hydrogen) atoms. The Morgan fingerprint density at radius 2 is 1.49 bits per heavy atom. The minimum Gasteiger partial charge on any atom is -0.356 e. The summed E-state index contributed by atoms with van der Waals surface area (Å²) in [5.74, 6) is -1.41. The molecule has 0 fully saturated rings. The first kappa shape index (κ1) is 31.5. The van der Waals surface area contributed by atoms with Gasteiger partial charge in [-0.05, 0) is 63.3 Å². The fourth-order valence-electron chi connectivity index (χ4n) is 4.62. The highest BCUT2D eigenvalue weighted by molar-refractivity contribution is 5.97. The molecule has 6 nitrogen and oxygen atoms in total. The molecule has 1 atom stereocenters. The second-order valence-corrected chi connectivity index (χ2v) is 11.7. The van der Waals surface area contributed by atoms with Crippen molar-refractivity contribution in [3.8, 4) is 11.1 Å². The van der Waals surface area contributed by atoms with E-state index in [4.69, 9.17) is 0 Å². The van der Waals surface area contributed by atoms with E-state index in [9.17, 15) is 19.2 Å². The normalized spacial score (nSPS) is 11.9. The van der Waals surface area contributed by atoms with Gasteiger partial charge in [0.15, 0.2) is 5.78 Å². The summed E-state index contributed by atoms with van der Waals surface area (Å²) in [5.41, 5.74) is 4.47. The summed E-state index contributed by atoms with van der Waals surface area (Å²) in [7, 11) is 0. The third-order valence-electron chi connectivity index (χ3n) is 6.78. The molecule has 0 heterocycles. The molecule has 0 saturated heterocycles. The van der Waals surface area contributed by atoms with Gasteiger partial charge in [0.05, 0.1) is 5.92 Å². The molecule has 0 aromatic heterocycles. The number of carbonyl (C=O) groups is 4. The average molecular weight is 555 g/mol. The summed E-state index contributed by atoms with van der Waals surface area (Å²) in [6.07, 6.45) is 1.58. The van der Waals surface area contributed by atoms with Gasteiger partial charge < -0.3 is 10.6 Å². The van der Waals surface area contributed by atoms with Crippen molar-refractivity contribution >= 4 is 23.4 Å². The molecular formula is C35H42N2O4. The predicted octanol–water partition coefficient (Wildman–Crippen LogP) is 6.25. The Hall–Kier alpha value is -4.06. The van der Waals surface area contributed by atoms with Crippen molar-refractivity contribution in [1.82, 2.24) is 10.6 Å². The summed E-state index contributed by atoms with van der Waals surface area (Å²) in [4.78, 5) is 51.3. The molecule has 2 amide bonds. The van der Waals surface area contributed by atoms with Gasteiger partial charge in [-0.3, -0.25) is 19.2 Å². The minimum absolute atomic E-state index is 0.000955. The van der Waals surface area contributed by atoms with Gasteiger partial charge in [-0.1, -0.05) is 78.4 Å². The minimum atomic E-state index is -0.762. The Balaban J connectivity index is 1.53. The fourth-order valence-corrected chi connectivity index (χ4v) is 4.62. The van der Waals surface area contributed by atoms with Crippen molar-refractivity contribution in [3.05, 3.63) is 95.6 Å². The Kier molecular flexibility index (Phi) is 11.6. The van der Waals surface area contributed by atoms with Crippen molar-refractivity contribution in [1.29, 1.82) is 0 Å². The highest BCUT2D eigenvalue weighted by Crippen LogP contribution is 2.22. The monoisotopic (exact) mass is 554 g/mol. The molecular weight excluding hydrogens is 512 g/mol. The number of hydrogen-bond acceptors (Lipinski definition) is 4. The van der Waals surface area contributed by atoms with E-state index in [1.54, 1.807) is 0 Å². The zero-order valence-electron chi connectivity index (χ0n) is 24.7. The molecule has 3 aromatic carbocycles. The zero-order valence-corrected chi connectivity index (χ0v) is 24.7. The van der Waals surface area contributed by atoms with E-state index in [-0.39, 0.29) is 49.2 Å². The molecule has 3 rings (SSSR count). The van der Waals surface area contributed by atoms with Gasteiger partial charge in [0.1, 0.15) is 5.78 Å². The molecule has 0 radical (unpaired) electrons. The van der Waals surface area contributed by atoms with Crippen LogP contribution < -0.4 is 10.6 Å². The molecule has 0 bridgehead atoms. The van der Waals surface area contributed by atoms with Crippen LogP contribution in [-0.2, 0) is 20.8 Å². The molecule has 0 spiro atoms. The topological polar surface area (TPSA) is 92.3 Å². The fraction of sp³-hybridized carbons (Fsp3) is 0.371. The average Bonchev–Trinajstić information content (AvgIpc) is 2.93. The quantitative estimate of drug-likeness (QED) is 0.182. The summed E-state index contributed by atoms with van der Waals surface area (Å²) in [6.45, 7) is 7.95. The van der Waals surface area contributed by atoms with Gasteiger partial charge in [-0.15, -0.1) is 0 Å². The maximum Gasteiger partial charge on any atom is 0.224 e. The van der Waals surface area contributed by atoms with Crippen molar-refractivity contribution in [2.45, 2.75) is 71.8 Å². The Labute approximate surface area is 243 Å². The van der Waals surface area contributed by atoms with Crippen molar-refractivity contribution in [2.24, 2.45) is 5.92 Å². The first-order chi connectivity index (χ1) is 19.5. The van der Waals surface area contributed by atoms with Crippen LogP contribution in [-0.4, -0.2) is 35.5 Å². The maximum absolute atomic E-state index is 13.1. The molecule has 6 heteroatoms. The lowest BCUT2D eigenvalue weighted by molar-refractivity contribution is -0.133. The molecule has 0 saturated carbocycles. The summed E-state index contributed by atoms with van der Waals surface area (Å²) >= 11 is 0. The maximum atomic E-state index is 13.1. The van der Waals surface area contributed by atoms with E-state index >= 15 is 0 Å². The van der Waals surface area contributed by atoms with Gasteiger partial charge >= 0.3 is 0 Å². The molecule has 216 valence electrons. The largest absolute Gasteiger partial charge is 0.356 e. The number of nitrogens with one attached hydrogen (secondary N) is 2. The van der Waals surface area contributed by atoms with Crippen molar-refractivity contribution in [2.75, 3.05) is 6.54 Å². The van der Waals surface area contributed by atoms with E-state index in [2.05, 4.69) is 10.6 Å². The van der Waals surface area contributed by atoms with E-state index in [0.717, 1.165) is 16.7 Å². The van der Waals surface area contributed by atoms with E-state index in [1.807, 2.05) is 107 Å². The van der Waals surface area contributed by atoms with Crippen LogP contribution in [0.15, 0.2) is 78.9 Å². The molecule has 0 aliphatic rings. The van der Waals surface area contributed by atoms with Crippen molar-refractivity contribution in [3.63, 3.8) is 0 Å². The number of benzene rings is 3. The molecule has 0 unspecified atom stereocenters. The Bertz CT molecular complexity index is 1320. The van der Waals surface area contributed by atoms with Gasteiger partial charge in [0.25, 0.3) is 0 Å². The van der Waals surface area contributed by atoms with Crippen LogP contribution in [0.1, 0.15) is 74.4 Å². The highest BCUT2D eigenvalue weighted by atomic mass is 16.2. The van der Waals surface area contributed by atoms with Crippen molar-refractivity contribution < 1.29 is 19.2 Å². The lowest BCUT2D eigenvalue weighted by Crippen LogP contribution is -2.43. The molecule has 0 aliphatic heterocycles. The first-order valence-corrected chi connectivity index (χ1v) is 14.3. The van der Waals surface area contributed by atoms with Gasteiger partial charge in [0, 0.05) is 43.3 Å². The smallest absolute Gasteiger partial charge is 0.224 e. The predicted molar refractivity (Wildman–Crippen MR) is 164 cm³/mol. The number of carbonyl (C=O) groups excluding carboxylic acids is 4. The van der Waals surface area contributed by atoms with Gasteiger partial charge in [-0.25, -0.2) is 0 Å². The molecule has 0 aliphatic carbocycles. The lowest BCUT2D eigenvalue weighted by atomic mass is 9.94. The van der Waals surface area contributed by atoms with Crippen LogP contribution in [0, 0.1) is 12.8 Å². The van der Waals surface area contributed by atoms with Crippen LogP contribution >= 0.6 is 0 Å². The third kappa shape index (κ3) is 11.1. The summed E-state index contributed by atoms with van der Waals surface area (Å²) < 4.78 is 0. The first-order valence-electron chi connectivity index (χ1n) is 14.3. The summed E-state index contributed by atoms with van der Waals surface area (Å²) in [6, 6.07) is 25.5. The SMILES string of the molecule is Cc1ccc(-c2cccc(C(=O)CCCNC(=O)[C@@H](CC(=O)CCc3ccccc3)CC(=O)NC(C)(C)C)c2)cc1. The van der Waals surface area contributed by atoms with E-state index < -0.39 is 11.5 Å². The molecule has 2 N–H and O–H groups in total. The number of hydrogen-bond donors (Lipinski definition) is 2. The van der Waals surface area contributed by atoms with Crippen LogP contribution in [0.2, 0.25) is 0 Å². The van der Waals surface area contributed by atoms with Crippen LogP contribution in [0.4, 0.5) is 0 Å². The van der Waals surface area contributed by atoms with Crippen LogP contribution in [0.3, 0.4) is 0 Å². The standard InChI is InChI=1S/C35H42N2O4/c1-25-15-18-27(19-16-25)28-12-8-13-29(22-28)32(39)14-9-21-36-34(41)30(24-33(40)37-35(2,3)4)23-31(38)20-17-26-10-6-5-7-11-26/h5-8,10-13,15-16,18-19,22,30H,9,14,17,20-21,23-24H2,1-4H3,(H,36,41)(H,37,40)/t30-/m0/s1. The number of Topliss-reactive ketones (excluding diaryl/α,β-unsaturated/α-hetero) is 2. The number of ketones is 2. The number of aryl methyl sites for hydroxylation is 2. The third-order valence-corrected chi connectivity index (χ3v) is 6.78. The van der Waals surface area contributed by atoms with Gasteiger partial charge in [-0.2, -0.15) is 0 Å². The lowest BCUT2D eigenvalue weighted by Gasteiger charge is -2.23. The number of amides is 2. The van der Waals surface area contributed by atoms with E-state index in [0.29, 0.717) is 24.8 Å².